The van der Waals surface area contributed by atoms with Crippen molar-refractivity contribution in [3.8, 4) is 0 Å². The first-order chi connectivity index (χ1) is 12.9. The molecule has 10 atom stereocenters. The van der Waals surface area contributed by atoms with Crippen molar-refractivity contribution >= 4 is 11.8 Å². The predicted octanol–water partition coefficient (Wildman–Crippen LogP) is 4.55. The van der Waals surface area contributed by atoms with Gasteiger partial charge in [0.2, 0.25) is 0 Å². The van der Waals surface area contributed by atoms with Crippen LogP contribution in [0.4, 0.5) is 0 Å². The van der Waals surface area contributed by atoms with Crippen LogP contribution in [0.5, 0.6) is 0 Å². The molecule has 0 aromatic carbocycles. The molecule has 0 aromatic heterocycles. The molecule has 0 radical (unpaired) electrons. The lowest BCUT2D eigenvalue weighted by atomic mass is 9.45. The molecule has 0 aromatic rings. The average molecular weight is 369 g/mol. The molecule has 0 N–H and O–H groups in total. The number of esters is 1. The molecule has 5 fully saturated rings. The van der Waals surface area contributed by atoms with Crippen molar-refractivity contribution in [3.05, 3.63) is 11.6 Å². The molecule has 6 unspecified atom stereocenters. The van der Waals surface area contributed by atoms with Crippen LogP contribution in [-0.4, -0.2) is 17.4 Å². The average Bonchev–Trinajstić information content (AvgIpc) is 3.28. The number of carbonyl (C=O) groups excluding carboxylic acids is 2. The van der Waals surface area contributed by atoms with Crippen molar-refractivity contribution in [3.63, 3.8) is 0 Å². The third kappa shape index (κ3) is 1.85. The van der Waals surface area contributed by atoms with Gasteiger partial charge in [0.15, 0.2) is 5.78 Å². The molecule has 1 aliphatic heterocycles. The molecule has 0 amide bonds. The van der Waals surface area contributed by atoms with Crippen molar-refractivity contribution < 1.29 is 14.3 Å². The Kier molecular flexibility index (Phi) is 3.16. The predicted molar refractivity (Wildman–Crippen MR) is 102 cm³/mol. The Morgan fingerprint density at radius 1 is 1.07 bits per heavy atom. The maximum atomic E-state index is 12.1. The number of fused-ring (bicyclic) bond motifs is 9. The molecule has 6 aliphatic rings. The summed E-state index contributed by atoms with van der Waals surface area (Å²) in [7, 11) is 0. The van der Waals surface area contributed by atoms with Crippen LogP contribution in [0.25, 0.3) is 0 Å². The van der Waals surface area contributed by atoms with E-state index in [0.717, 1.165) is 37.0 Å². The van der Waals surface area contributed by atoms with Crippen LogP contribution in [0.1, 0.15) is 65.7 Å². The highest BCUT2D eigenvalue weighted by molar-refractivity contribution is 5.91. The zero-order chi connectivity index (χ0) is 18.7. The molecule has 6 rings (SSSR count). The molecule has 0 bridgehead atoms. The van der Waals surface area contributed by atoms with Crippen molar-refractivity contribution in [2.24, 2.45) is 52.8 Å². The van der Waals surface area contributed by atoms with Crippen LogP contribution in [0.3, 0.4) is 0 Å². The van der Waals surface area contributed by atoms with Crippen molar-refractivity contribution in [2.75, 3.05) is 0 Å². The fraction of sp³-hybridized carbons (Fsp3) is 0.833. The highest BCUT2D eigenvalue weighted by atomic mass is 16.6. The molecule has 1 spiro atoms. The number of ether oxygens (including phenoxy) is 1. The van der Waals surface area contributed by atoms with E-state index >= 15 is 0 Å². The Bertz CT molecular complexity index is 768. The SMILES string of the molecule is C[C@@H]1C2C(CC[C@@]3(C)C2C2CC2[C@@]32CCC(=O)O2)C2CCC(=O)C=C2[C@@H]1C. The first kappa shape index (κ1) is 16.8. The van der Waals surface area contributed by atoms with Gasteiger partial charge in [-0.2, -0.15) is 0 Å². The minimum Gasteiger partial charge on any atom is -0.458 e. The molecular weight excluding hydrogens is 336 g/mol. The number of carbonyl (C=O) groups is 2. The van der Waals surface area contributed by atoms with Gasteiger partial charge in [0.25, 0.3) is 0 Å². The van der Waals surface area contributed by atoms with Crippen LogP contribution >= 0.6 is 0 Å². The number of allylic oxidation sites excluding steroid dienone is 1. The Morgan fingerprint density at radius 3 is 2.63 bits per heavy atom. The fourth-order valence-electron chi connectivity index (χ4n) is 9.18. The molecule has 4 saturated carbocycles. The van der Waals surface area contributed by atoms with E-state index in [9.17, 15) is 9.59 Å². The summed E-state index contributed by atoms with van der Waals surface area (Å²) in [6.45, 7) is 7.30. The second-order valence-corrected chi connectivity index (χ2v) is 11.0. The highest BCUT2D eigenvalue weighted by Gasteiger charge is 2.79. The summed E-state index contributed by atoms with van der Waals surface area (Å²) < 4.78 is 6.20. The summed E-state index contributed by atoms with van der Waals surface area (Å²) in [5.74, 6) is 5.76. The van der Waals surface area contributed by atoms with E-state index in [1.807, 2.05) is 6.08 Å². The van der Waals surface area contributed by atoms with E-state index in [2.05, 4.69) is 20.8 Å². The second-order valence-electron chi connectivity index (χ2n) is 11.0. The van der Waals surface area contributed by atoms with E-state index in [0.29, 0.717) is 41.8 Å². The third-order valence-electron chi connectivity index (χ3n) is 10.4. The van der Waals surface area contributed by atoms with E-state index in [4.69, 9.17) is 4.74 Å². The van der Waals surface area contributed by atoms with Gasteiger partial charge in [-0.15, -0.1) is 0 Å². The van der Waals surface area contributed by atoms with Gasteiger partial charge < -0.3 is 4.74 Å². The van der Waals surface area contributed by atoms with Gasteiger partial charge in [-0.1, -0.05) is 26.3 Å². The first-order valence-electron chi connectivity index (χ1n) is 11.3. The van der Waals surface area contributed by atoms with Crippen LogP contribution in [0, 0.1) is 52.8 Å². The second kappa shape index (κ2) is 5.07. The number of hydrogen-bond acceptors (Lipinski definition) is 3. The van der Waals surface area contributed by atoms with E-state index < -0.39 is 0 Å². The highest BCUT2D eigenvalue weighted by Crippen LogP contribution is 2.79. The number of rotatable bonds is 0. The molecule has 1 heterocycles. The Balaban J connectivity index is 1.42. The van der Waals surface area contributed by atoms with Crippen LogP contribution in [-0.2, 0) is 14.3 Å². The zero-order valence-corrected chi connectivity index (χ0v) is 16.9. The summed E-state index contributed by atoms with van der Waals surface area (Å²) in [5.41, 5.74) is 1.50. The zero-order valence-electron chi connectivity index (χ0n) is 16.9. The van der Waals surface area contributed by atoms with Crippen LogP contribution in [0.15, 0.2) is 11.6 Å². The van der Waals surface area contributed by atoms with E-state index in [1.165, 1.54) is 24.8 Å². The molecule has 1 saturated heterocycles. The largest absolute Gasteiger partial charge is 0.458 e. The lowest BCUT2D eigenvalue weighted by Gasteiger charge is -2.60. The van der Waals surface area contributed by atoms with Gasteiger partial charge >= 0.3 is 5.97 Å². The summed E-state index contributed by atoms with van der Waals surface area (Å²) in [4.78, 5) is 24.2. The number of ketones is 1. The smallest absolute Gasteiger partial charge is 0.306 e. The van der Waals surface area contributed by atoms with Crippen molar-refractivity contribution in [1.82, 2.24) is 0 Å². The third-order valence-corrected chi connectivity index (χ3v) is 10.4. The Labute approximate surface area is 162 Å². The first-order valence-corrected chi connectivity index (χ1v) is 11.3. The molecule has 146 valence electrons. The van der Waals surface area contributed by atoms with Crippen LogP contribution in [0.2, 0.25) is 0 Å². The van der Waals surface area contributed by atoms with Crippen molar-refractivity contribution in [2.45, 2.75) is 71.3 Å². The maximum absolute atomic E-state index is 12.1. The normalized spacial score (nSPS) is 58.1. The van der Waals surface area contributed by atoms with Gasteiger partial charge in [0.05, 0.1) is 0 Å². The quantitative estimate of drug-likeness (QED) is 0.589. The van der Waals surface area contributed by atoms with Gasteiger partial charge in [0, 0.05) is 24.2 Å². The van der Waals surface area contributed by atoms with E-state index in [1.54, 1.807) is 0 Å². The number of hydrogen-bond donors (Lipinski definition) is 0. The summed E-state index contributed by atoms with van der Waals surface area (Å²) in [6.07, 6.45) is 9.17. The van der Waals surface area contributed by atoms with Gasteiger partial charge in [-0.05, 0) is 79.6 Å². The topological polar surface area (TPSA) is 43.4 Å². The summed E-state index contributed by atoms with van der Waals surface area (Å²) in [6, 6.07) is 0. The molecular formula is C24H32O3. The van der Waals surface area contributed by atoms with Gasteiger partial charge in [-0.25, -0.2) is 0 Å². The minimum atomic E-state index is -0.147. The summed E-state index contributed by atoms with van der Waals surface area (Å²) in [5, 5.41) is 0. The fourth-order valence-corrected chi connectivity index (χ4v) is 9.18. The maximum Gasteiger partial charge on any atom is 0.306 e. The summed E-state index contributed by atoms with van der Waals surface area (Å²) >= 11 is 0. The molecule has 3 nitrogen and oxygen atoms in total. The minimum absolute atomic E-state index is 0.0470. The molecule has 3 heteroatoms. The molecule has 27 heavy (non-hydrogen) atoms. The monoisotopic (exact) mass is 368 g/mol. The molecule has 5 aliphatic carbocycles. The van der Waals surface area contributed by atoms with E-state index in [-0.39, 0.29) is 17.0 Å². The van der Waals surface area contributed by atoms with Crippen LogP contribution < -0.4 is 0 Å². The van der Waals surface area contributed by atoms with Gasteiger partial charge in [-0.3, -0.25) is 9.59 Å². The Morgan fingerprint density at radius 2 is 1.89 bits per heavy atom. The van der Waals surface area contributed by atoms with Crippen molar-refractivity contribution in [1.29, 1.82) is 0 Å². The Hall–Kier alpha value is -1.12. The standard InChI is InChI=1S/C24H32O3/c1-12-13(2)21-16(15-5-4-14(25)10-17(12)15)6-8-23(3)22(21)18-11-19(18)24(23)9-7-20(26)27-24/h10,12-13,15-16,18-19,21-22H,4-9,11H2,1-3H3/t12-,13+,15?,16?,18?,19?,21?,22?,23+,24+/m1/s1. The lowest BCUT2D eigenvalue weighted by molar-refractivity contribution is -0.177. The van der Waals surface area contributed by atoms with Gasteiger partial charge in [0.1, 0.15) is 5.60 Å². The lowest BCUT2D eigenvalue weighted by Crippen LogP contribution is -2.57.